The minimum absolute atomic E-state index is 0.00747. The third kappa shape index (κ3) is 3.79. The Morgan fingerprint density at radius 2 is 2.04 bits per heavy atom. The minimum Gasteiger partial charge on any atom is -0.348 e. The fourth-order valence-electron chi connectivity index (χ4n) is 2.97. The Hall–Kier alpha value is -1.72. The highest BCUT2D eigenvalue weighted by molar-refractivity contribution is 7.16. The standard InChI is InChI=1S/C18H23N3OS/c1-12-4-5-15(13(2)10-12)18-19-11-16(23-18)17(22)20-14-6-8-21(3)9-7-14/h4-5,10-11,14H,6-9H2,1-3H3,(H,20,22). The molecule has 0 aliphatic carbocycles. The molecule has 3 rings (SSSR count). The van der Waals surface area contributed by atoms with Gasteiger partial charge in [-0.05, 0) is 52.4 Å². The fourth-order valence-corrected chi connectivity index (χ4v) is 3.88. The molecular weight excluding hydrogens is 306 g/mol. The molecule has 0 spiro atoms. The molecule has 0 bridgehead atoms. The van der Waals surface area contributed by atoms with Crippen LogP contribution in [0.2, 0.25) is 0 Å². The van der Waals surface area contributed by atoms with E-state index in [0.717, 1.165) is 36.5 Å². The number of hydrogen-bond acceptors (Lipinski definition) is 4. The van der Waals surface area contributed by atoms with Gasteiger partial charge in [0.05, 0.1) is 6.20 Å². The summed E-state index contributed by atoms with van der Waals surface area (Å²) in [5.41, 5.74) is 3.55. The number of benzene rings is 1. The molecule has 1 aromatic heterocycles. The predicted octanol–water partition coefficient (Wildman–Crippen LogP) is 3.25. The number of carbonyl (C=O) groups excluding carboxylic acids is 1. The number of amides is 1. The summed E-state index contributed by atoms with van der Waals surface area (Å²) in [6.45, 7) is 6.25. The van der Waals surface area contributed by atoms with Crippen molar-refractivity contribution < 1.29 is 4.79 Å². The van der Waals surface area contributed by atoms with Crippen LogP contribution in [-0.2, 0) is 0 Å². The van der Waals surface area contributed by atoms with Crippen LogP contribution in [-0.4, -0.2) is 42.0 Å². The molecule has 2 aromatic rings. The average molecular weight is 329 g/mol. The van der Waals surface area contributed by atoms with Gasteiger partial charge in [0.25, 0.3) is 5.91 Å². The molecule has 1 saturated heterocycles. The van der Waals surface area contributed by atoms with Gasteiger partial charge < -0.3 is 10.2 Å². The number of hydrogen-bond donors (Lipinski definition) is 1. The molecule has 0 atom stereocenters. The van der Waals surface area contributed by atoms with Crippen molar-refractivity contribution in [1.82, 2.24) is 15.2 Å². The highest BCUT2D eigenvalue weighted by Gasteiger charge is 2.20. The van der Waals surface area contributed by atoms with E-state index in [9.17, 15) is 4.79 Å². The maximum atomic E-state index is 12.4. The Kier molecular flexibility index (Phi) is 4.78. The van der Waals surface area contributed by atoms with Crippen molar-refractivity contribution in [3.05, 3.63) is 40.4 Å². The van der Waals surface area contributed by atoms with Crippen molar-refractivity contribution in [2.75, 3.05) is 20.1 Å². The summed E-state index contributed by atoms with van der Waals surface area (Å²) >= 11 is 1.47. The Morgan fingerprint density at radius 1 is 1.30 bits per heavy atom. The normalized spacial score (nSPS) is 16.5. The van der Waals surface area contributed by atoms with Gasteiger partial charge in [-0.3, -0.25) is 4.79 Å². The largest absolute Gasteiger partial charge is 0.348 e. The van der Waals surface area contributed by atoms with Crippen molar-refractivity contribution in [3.63, 3.8) is 0 Å². The lowest BCUT2D eigenvalue weighted by Gasteiger charge is -2.29. The fraction of sp³-hybridized carbons (Fsp3) is 0.444. The van der Waals surface area contributed by atoms with Gasteiger partial charge in [-0.25, -0.2) is 4.98 Å². The number of nitrogens with one attached hydrogen (secondary N) is 1. The molecular formula is C18H23N3OS. The average Bonchev–Trinajstić information content (AvgIpc) is 2.99. The van der Waals surface area contributed by atoms with Crippen LogP contribution in [0.1, 0.15) is 33.6 Å². The third-order valence-electron chi connectivity index (χ3n) is 4.40. The van der Waals surface area contributed by atoms with E-state index in [1.54, 1.807) is 6.20 Å². The van der Waals surface area contributed by atoms with Crippen LogP contribution >= 0.6 is 11.3 Å². The lowest BCUT2D eigenvalue weighted by Crippen LogP contribution is -2.43. The van der Waals surface area contributed by atoms with Crippen molar-refractivity contribution in [3.8, 4) is 10.6 Å². The second kappa shape index (κ2) is 6.81. The van der Waals surface area contributed by atoms with Crippen LogP contribution in [0.15, 0.2) is 24.4 Å². The van der Waals surface area contributed by atoms with E-state index in [1.165, 1.54) is 22.5 Å². The lowest BCUT2D eigenvalue weighted by atomic mass is 10.1. The molecule has 1 aliphatic rings. The van der Waals surface area contributed by atoms with Crippen molar-refractivity contribution in [2.45, 2.75) is 32.7 Å². The Morgan fingerprint density at radius 3 is 2.74 bits per heavy atom. The zero-order chi connectivity index (χ0) is 16.4. The summed E-state index contributed by atoms with van der Waals surface area (Å²) in [6, 6.07) is 6.60. The summed E-state index contributed by atoms with van der Waals surface area (Å²) in [7, 11) is 2.12. The molecule has 0 unspecified atom stereocenters. The second-order valence-electron chi connectivity index (χ2n) is 6.40. The molecule has 0 saturated carbocycles. The molecule has 4 nitrogen and oxygen atoms in total. The topological polar surface area (TPSA) is 45.2 Å². The van der Waals surface area contributed by atoms with Crippen molar-refractivity contribution >= 4 is 17.2 Å². The molecule has 1 amide bonds. The number of nitrogens with zero attached hydrogens (tertiary/aromatic N) is 2. The number of aromatic nitrogens is 1. The minimum atomic E-state index is 0.00747. The summed E-state index contributed by atoms with van der Waals surface area (Å²) < 4.78 is 0. The first kappa shape index (κ1) is 16.1. The highest BCUT2D eigenvalue weighted by atomic mass is 32.1. The molecule has 23 heavy (non-hydrogen) atoms. The van der Waals surface area contributed by atoms with Gasteiger partial charge in [0.15, 0.2) is 0 Å². The zero-order valence-corrected chi connectivity index (χ0v) is 14.7. The Bertz CT molecular complexity index is 702. The molecule has 1 fully saturated rings. The van der Waals surface area contributed by atoms with E-state index < -0.39 is 0 Å². The smallest absolute Gasteiger partial charge is 0.263 e. The maximum absolute atomic E-state index is 12.4. The molecule has 2 heterocycles. The molecule has 122 valence electrons. The van der Waals surface area contributed by atoms with Crippen molar-refractivity contribution in [1.29, 1.82) is 0 Å². The van der Waals surface area contributed by atoms with Gasteiger partial charge in [-0.2, -0.15) is 0 Å². The SMILES string of the molecule is Cc1ccc(-c2ncc(C(=O)NC3CCN(C)CC3)s2)c(C)c1. The van der Waals surface area contributed by atoms with Crippen LogP contribution in [0, 0.1) is 13.8 Å². The molecule has 1 aliphatic heterocycles. The predicted molar refractivity (Wildman–Crippen MR) is 95.0 cm³/mol. The first-order valence-electron chi connectivity index (χ1n) is 8.06. The van der Waals surface area contributed by atoms with E-state index >= 15 is 0 Å². The van der Waals surface area contributed by atoms with Crippen LogP contribution in [0.3, 0.4) is 0 Å². The third-order valence-corrected chi connectivity index (χ3v) is 5.42. The van der Waals surface area contributed by atoms with E-state index in [4.69, 9.17) is 0 Å². The van der Waals surface area contributed by atoms with Crippen LogP contribution in [0.5, 0.6) is 0 Å². The zero-order valence-electron chi connectivity index (χ0n) is 13.9. The Balaban J connectivity index is 1.70. The van der Waals surface area contributed by atoms with Crippen LogP contribution in [0.4, 0.5) is 0 Å². The van der Waals surface area contributed by atoms with Crippen LogP contribution in [0.25, 0.3) is 10.6 Å². The molecule has 0 radical (unpaired) electrons. The van der Waals surface area contributed by atoms with Gasteiger partial charge in [-0.1, -0.05) is 23.8 Å². The summed E-state index contributed by atoms with van der Waals surface area (Å²) in [5, 5.41) is 4.06. The number of piperidine rings is 1. The monoisotopic (exact) mass is 329 g/mol. The summed E-state index contributed by atoms with van der Waals surface area (Å²) in [5.74, 6) is 0.00747. The quantitative estimate of drug-likeness (QED) is 0.940. The van der Waals surface area contributed by atoms with Crippen LogP contribution < -0.4 is 5.32 Å². The van der Waals surface area contributed by atoms with E-state index in [0.29, 0.717) is 4.88 Å². The number of carbonyl (C=O) groups is 1. The highest BCUT2D eigenvalue weighted by Crippen LogP contribution is 2.28. The first-order chi connectivity index (χ1) is 11.0. The van der Waals surface area contributed by atoms with Gasteiger partial charge in [0, 0.05) is 11.6 Å². The van der Waals surface area contributed by atoms with E-state index in [2.05, 4.69) is 54.3 Å². The number of aryl methyl sites for hydroxylation is 2. The van der Waals surface area contributed by atoms with Gasteiger partial charge in [0.1, 0.15) is 9.88 Å². The molecule has 5 heteroatoms. The Labute approximate surface area is 141 Å². The molecule has 1 N–H and O–H groups in total. The number of rotatable bonds is 3. The number of likely N-dealkylation sites (tertiary alicyclic amines) is 1. The lowest BCUT2D eigenvalue weighted by molar-refractivity contribution is 0.0921. The van der Waals surface area contributed by atoms with Gasteiger partial charge in [0.2, 0.25) is 0 Å². The first-order valence-corrected chi connectivity index (χ1v) is 8.87. The molecule has 1 aromatic carbocycles. The second-order valence-corrected chi connectivity index (χ2v) is 7.43. The summed E-state index contributed by atoms with van der Waals surface area (Å²) in [6.07, 6.45) is 3.74. The maximum Gasteiger partial charge on any atom is 0.263 e. The van der Waals surface area contributed by atoms with Gasteiger partial charge >= 0.3 is 0 Å². The number of thiazole rings is 1. The van der Waals surface area contributed by atoms with E-state index in [1.807, 2.05) is 0 Å². The summed E-state index contributed by atoms with van der Waals surface area (Å²) in [4.78, 5) is 19.9. The van der Waals surface area contributed by atoms with Crippen molar-refractivity contribution in [2.24, 2.45) is 0 Å². The van der Waals surface area contributed by atoms with Gasteiger partial charge in [-0.15, -0.1) is 11.3 Å². The van der Waals surface area contributed by atoms with E-state index in [-0.39, 0.29) is 11.9 Å².